The molecular weight excluding hydrogens is 338 g/mol. The number of rotatable bonds is 8. The van der Waals surface area contributed by atoms with E-state index in [1.54, 1.807) is 12.1 Å². The third-order valence-electron chi connectivity index (χ3n) is 2.69. The lowest BCUT2D eigenvalue weighted by Crippen LogP contribution is -2.38. The molecule has 0 aromatic heterocycles. The zero-order valence-corrected chi connectivity index (χ0v) is 13.8. The first-order valence-corrected chi connectivity index (χ1v) is 7.55. The number of benzene rings is 1. The van der Waals surface area contributed by atoms with Crippen molar-refractivity contribution < 1.29 is 19.4 Å². The molecule has 1 rings (SSSR count). The summed E-state index contributed by atoms with van der Waals surface area (Å²) in [5, 5.41) is 8.74. The van der Waals surface area contributed by atoms with Gasteiger partial charge in [0.1, 0.15) is 5.75 Å². The maximum absolute atomic E-state index is 12.1. The van der Waals surface area contributed by atoms with E-state index in [0.29, 0.717) is 12.3 Å². The lowest BCUT2D eigenvalue weighted by Gasteiger charge is -2.24. The first-order chi connectivity index (χ1) is 9.88. The van der Waals surface area contributed by atoms with Crippen molar-refractivity contribution in [1.82, 2.24) is 4.90 Å². The van der Waals surface area contributed by atoms with E-state index < -0.39 is 5.97 Å². The topological polar surface area (TPSA) is 66.8 Å². The summed E-state index contributed by atoms with van der Waals surface area (Å²) in [4.78, 5) is 24.3. The molecule has 21 heavy (non-hydrogen) atoms. The number of ether oxygens (including phenoxy) is 1. The summed E-state index contributed by atoms with van der Waals surface area (Å²) in [5.74, 6) is -0.247. The number of halogens is 1. The maximum atomic E-state index is 12.1. The molecule has 0 fully saturated rings. The van der Waals surface area contributed by atoms with Gasteiger partial charge in [-0.05, 0) is 24.1 Å². The van der Waals surface area contributed by atoms with Gasteiger partial charge in [0.15, 0.2) is 6.61 Å². The molecule has 0 heterocycles. The Balaban J connectivity index is 2.56. The van der Waals surface area contributed by atoms with E-state index in [9.17, 15) is 9.59 Å². The molecule has 1 aromatic carbocycles. The number of amides is 1. The molecule has 0 saturated carbocycles. The van der Waals surface area contributed by atoms with E-state index in [2.05, 4.69) is 15.9 Å². The molecule has 1 N–H and O–H groups in total. The van der Waals surface area contributed by atoms with Gasteiger partial charge >= 0.3 is 5.97 Å². The Hall–Kier alpha value is -1.56. The zero-order valence-electron chi connectivity index (χ0n) is 12.2. The molecule has 116 valence electrons. The van der Waals surface area contributed by atoms with Gasteiger partial charge in [-0.15, -0.1) is 0 Å². The number of aliphatic carboxylic acids is 1. The minimum atomic E-state index is -0.913. The van der Waals surface area contributed by atoms with Gasteiger partial charge in [-0.3, -0.25) is 9.59 Å². The number of carboxylic acids is 1. The number of carbonyl (C=O) groups excluding carboxylic acids is 1. The fraction of sp³-hybridized carbons (Fsp3) is 0.467. The Labute approximate surface area is 133 Å². The smallest absolute Gasteiger partial charge is 0.305 e. The fourth-order valence-corrected chi connectivity index (χ4v) is 2.16. The van der Waals surface area contributed by atoms with Gasteiger partial charge in [-0.1, -0.05) is 35.8 Å². The number of hydrogen-bond acceptors (Lipinski definition) is 3. The van der Waals surface area contributed by atoms with Crippen molar-refractivity contribution in [2.45, 2.75) is 20.3 Å². The lowest BCUT2D eigenvalue weighted by atomic mass is 10.2. The van der Waals surface area contributed by atoms with E-state index in [0.717, 1.165) is 4.47 Å². The predicted octanol–water partition coefficient (Wildman–Crippen LogP) is 2.79. The molecule has 0 saturated heterocycles. The molecule has 0 atom stereocenters. The van der Waals surface area contributed by atoms with E-state index in [1.165, 1.54) is 4.90 Å². The summed E-state index contributed by atoms with van der Waals surface area (Å²) >= 11 is 3.33. The van der Waals surface area contributed by atoms with Crippen LogP contribution in [-0.2, 0) is 9.59 Å². The van der Waals surface area contributed by atoms with Crippen molar-refractivity contribution in [3.63, 3.8) is 0 Å². The average molecular weight is 358 g/mol. The minimum Gasteiger partial charge on any atom is -0.484 e. The summed E-state index contributed by atoms with van der Waals surface area (Å²) in [6.45, 7) is 4.59. The molecule has 0 aliphatic heterocycles. The number of carboxylic acid groups (broad SMARTS) is 1. The van der Waals surface area contributed by atoms with E-state index >= 15 is 0 Å². The molecule has 0 radical (unpaired) electrons. The van der Waals surface area contributed by atoms with Crippen molar-refractivity contribution >= 4 is 27.8 Å². The van der Waals surface area contributed by atoms with Crippen LogP contribution in [0.3, 0.4) is 0 Å². The molecule has 0 aliphatic rings. The highest BCUT2D eigenvalue weighted by Crippen LogP contribution is 2.17. The first-order valence-electron chi connectivity index (χ1n) is 6.76. The third-order valence-corrected chi connectivity index (χ3v) is 3.19. The molecule has 0 aliphatic carbocycles. The van der Waals surface area contributed by atoms with Crippen molar-refractivity contribution in [2.24, 2.45) is 5.92 Å². The number of hydrogen-bond donors (Lipinski definition) is 1. The van der Waals surface area contributed by atoms with E-state index in [-0.39, 0.29) is 31.4 Å². The normalized spacial score (nSPS) is 10.5. The summed E-state index contributed by atoms with van der Waals surface area (Å²) in [6.07, 6.45) is -0.0602. The lowest BCUT2D eigenvalue weighted by molar-refractivity contribution is -0.139. The van der Waals surface area contributed by atoms with Crippen LogP contribution in [0.1, 0.15) is 20.3 Å². The van der Waals surface area contributed by atoms with Gasteiger partial charge in [0, 0.05) is 17.6 Å². The van der Waals surface area contributed by atoms with Crippen LogP contribution >= 0.6 is 15.9 Å². The van der Waals surface area contributed by atoms with Gasteiger partial charge in [-0.25, -0.2) is 0 Å². The zero-order chi connectivity index (χ0) is 15.8. The van der Waals surface area contributed by atoms with E-state index in [4.69, 9.17) is 9.84 Å². The van der Waals surface area contributed by atoms with Crippen LogP contribution in [-0.4, -0.2) is 41.6 Å². The summed E-state index contributed by atoms with van der Waals surface area (Å²) < 4.78 is 6.32. The first kappa shape index (κ1) is 17.5. The largest absolute Gasteiger partial charge is 0.484 e. The second kappa shape index (κ2) is 8.67. The van der Waals surface area contributed by atoms with Gasteiger partial charge in [0.25, 0.3) is 5.91 Å². The van der Waals surface area contributed by atoms with Crippen molar-refractivity contribution in [1.29, 1.82) is 0 Å². The molecular formula is C15H20BrNO4. The Morgan fingerprint density at radius 3 is 2.67 bits per heavy atom. The number of nitrogens with zero attached hydrogens (tertiary/aromatic N) is 1. The van der Waals surface area contributed by atoms with Crippen LogP contribution in [0.15, 0.2) is 28.7 Å². The minimum absolute atomic E-state index is 0.0602. The van der Waals surface area contributed by atoms with Crippen LogP contribution in [0.4, 0.5) is 0 Å². The molecule has 1 aromatic rings. The monoisotopic (exact) mass is 357 g/mol. The highest BCUT2D eigenvalue weighted by atomic mass is 79.9. The van der Waals surface area contributed by atoms with Gasteiger partial charge in [0.05, 0.1) is 6.42 Å². The predicted molar refractivity (Wildman–Crippen MR) is 83.3 cm³/mol. The second-order valence-corrected chi connectivity index (χ2v) is 6.04. The summed E-state index contributed by atoms with van der Waals surface area (Å²) in [5.41, 5.74) is 0. The van der Waals surface area contributed by atoms with Gasteiger partial charge in [0.2, 0.25) is 0 Å². The Morgan fingerprint density at radius 1 is 1.38 bits per heavy atom. The van der Waals surface area contributed by atoms with Crippen LogP contribution in [0, 0.1) is 5.92 Å². The van der Waals surface area contributed by atoms with Gasteiger partial charge in [-0.2, -0.15) is 0 Å². The number of carbonyl (C=O) groups is 2. The SMILES string of the molecule is CC(C)CN(CCC(=O)O)C(=O)COc1cccc(Br)c1. The second-order valence-electron chi connectivity index (χ2n) is 5.12. The quantitative estimate of drug-likeness (QED) is 0.776. The molecule has 0 spiro atoms. The van der Waals surface area contributed by atoms with Crippen LogP contribution in [0.25, 0.3) is 0 Å². The Morgan fingerprint density at radius 2 is 2.10 bits per heavy atom. The Kier molecular flexibility index (Phi) is 7.22. The van der Waals surface area contributed by atoms with Crippen molar-refractivity contribution in [2.75, 3.05) is 19.7 Å². The molecule has 0 unspecified atom stereocenters. The van der Waals surface area contributed by atoms with Crippen molar-refractivity contribution in [3.05, 3.63) is 28.7 Å². The fourth-order valence-electron chi connectivity index (χ4n) is 1.78. The summed E-state index contributed by atoms with van der Waals surface area (Å²) in [7, 11) is 0. The average Bonchev–Trinajstić information content (AvgIpc) is 2.40. The highest BCUT2D eigenvalue weighted by molar-refractivity contribution is 9.10. The summed E-state index contributed by atoms with van der Waals surface area (Å²) in [6, 6.07) is 7.23. The molecule has 1 amide bonds. The van der Waals surface area contributed by atoms with Crippen LogP contribution in [0.5, 0.6) is 5.75 Å². The molecule has 0 bridgehead atoms. The van der Waals surface area contributed by atoms with Crippen LogP contribution in [0.2, 0.25) is 0 Å². The van der Waals surface area contributed by atoms with Crippen molar-refractivity contribution in [3.8, 4) is 5.75 Å². The third kappa shape index (κ3) is 7.13. The molecule has 6 heteroatoms. The van der Waals surface area contributed by atoms with E-state index in [1.807, 2.05) is 26.0 Å². The van der Waals surface area contributed by atoms with Crippen LogP contribution < -0.4 is 4.74 Å². The highest BCUT2D eigenvalue weighted by Gasteiger charge is 2.16. The van der Waals surface area contributed by atoms with Gasteiger partial charge < -0.3 is 14.7 Å². The standard InChI is InChI=1S/C15H20BrNO4/c1-11(2)9-17(7-6-15(19)20)14(18)10-21-13-5-3-4-12(16)8-13/h3-5,8,11H,6-7,9-10H2,1-2H3,(H,19,20). The maximum Gasteiger partial charge on any atom is 0.305 e. The Bertz CT molecular complexity index is 490. The molecule has 5 nitrogen and oxygen atoms in total.